The number of pyridine rings is 10. The van der Waals surface area contributed by atoms with E-state index < -0.39 is 60.9 Å². The van der Waals surface area contributed by atoms with E-state index in [0.29, 0.717) is 63.1 Å². The molecule has 2 aliphatic rings. The summed E-state index contributed by atoms with van der Waals surface area (Å²) >= 11 is 5.88. The van der Waals surface area contributed by atoms with Crippen LogP contribution in [0.25, 0.3) is 10.9 Å². The third-order valence-corrected chi connectivity index (χ3v) is 26.4. The molecule has 6 unspecified atom stereocenters. The van der Waals surface area contributed by atoms with Crippen LogP contribution < -0.4 is 0 Å². The molecular formula is C114H153ClN10O7. The third-order valence-electron chi connectivity index (χ3n) is 26.2. The number of halogens is 1. The molecule has 10 heterocycles. The summed E-state index contributed by atoms with van der Waals surface area (Å²) in [6, 6.07) is 65.4. The Morgan fingerprint density at radius 2 is 0.674 bits per heavy atom. The van der Waals surface area contributed by atoms with Gasteiger partial charge in [-0.05, 0) is 232 Å². The Bertz CT molecular complexity index is 5450. The standard InChI is InChI=1S/C21H23NO.C17H22N2O.C16H19ClN2O.C16H20N2O.C15H23NO.C15H25NO.C14H21NO/c1-15-10-11-16-12-13-19(22-18(16)14-15)21(23,20(2,3)4)17-8-6-5-7-9-17;1-12-8-6-10-14(18-12)17(20,16(3,4)5)15-11-7-9-13(2)19-15;1-11-5-7-13(18-9-11)16(20,15(2,3)4)14-8-6-12(17)10-19-14;1-12-8-9-14(18-11-12)16(19,15(2,3)4)13-7-5-6-10-17-13;1-12(2)15(17,13-8-4-3-5-9-13)14-10-6-7-11-16-14;1-13(2,3)11-15(17,14(4,5)6)12-9-7-8-10-16-12;1-13(2,3)14(16,11-7-6-8-11)12-9-4-5-10-15-12/h5-14,23H,1-4H3;6-11,20H,1-5H3;5-10,20H,1-4H3;5-11,19H,1-4H3;6-7,10-13,17H,3-5,8-9H2,1-2H3;7-10,17H,11H2,1-6H3;4-5,9-11,16H,6-8H2,1-3H3. The molecule has 12 aromatic rings. The number of fused-ring (bicyclic) bond motifs is 1. The number of aliphatic hydroxyl groups is 7. The van der Waals surface area contributed by atoms with Crippen molar-refractivity contribution in [1.29, 1.82) is 0 Å². The average molecular weight is 1810 g/mol. The van der Waals surface area contributed by atoms with Crippen LogP contribution in [-0.4, -0.2) is 85.6 Å². The molecule has 0 radical (unpaired) electrons. The molecule has 0 saturated heterocycles. The van der Waals surface area contributed by atoms with E-state index in [1.54, 1.807) is 55.5 Å². The first-order chi connectivity index (χ1) is 61.3. The lowest BCUT2D eigenvalue weighted by Crippen LogP contribution is -2.49. The highest BCUT2D eigenvalue weighted by Gasteiger charge is 2.53. The van der Waals surface area contributed by atoms with Gasteiger partial charge in [0.2, 0.25) is 0 Å². The van der Waals surface area contributed by atoms with Crippen LogP contribution in [0.4, 0.5) is 0 Å². The zero-order valence-corrected chi connectivity index (χ0v) is 85.0. The quantitative estimate of drug-likeness (QED) is 0.0503. The Morgan fingerprint density at radius 1 is 0.311 bits per heavy atom. The summed E-state index contributed by atoms with van der Waals surface area (Å²) in [5, 5.41) is 80.6. The van der Waals surface area contributed by atoms with Crippen molar-refractivity contribution >= 4 is 22.5 Å². The second-order valence-corrected chi connectivity index (χ2v) is 44.3. The maximum atomic E-state index is 11.7. The summed E-state index contributed by atoms with van der Waals surface area (Å²) in [5.41, 5.74) is 4.33. The van der Waals surface area contributed by atoms with Crippen LogP contribution in [0, 0.1) is 90.3 Å². The van der Waals surface area contributed by atoms with E-state index in [-0.39, 0.29) is 22.2 Å². The van der Waals surface area contributed by atoms with E-state index in [2.05, 4.69) is 146 Å². The van der Waals surface area contributed by atoms with Gasteiger partial charge < -0.3 is 35.7 Å². The van der Waals surface area contributed by atoms with Crippen LogP contribution in [0.15, 0.2) is 250 Å². The first-order valence-corrected chi connectivity index (χ1v) is 47.3. The molecule has 14 rings (SSSR count). The number of aromatic nitrogens is 10. The number of hydrogen-bond acceptors (Lipinski definition) is 17. The molecular weight excluding hydrogens is 1660 g/mol. The normalized spacial score (nSPS) is 16.3. The molecule has 18 heteroatoms. The van der Waals surface area contributed by atoms with Gasteiger partial charge in [0.1, 0.15) is 22.4 Å². The van der Waals surface area contributed by atoms with Crippen LogP contribution in [0.5, 0.6) is 0 Å². The molecule has 2 aliphatic carbocycles. The predicted molar refractivity (Wildman–Crippen MR) is 538 cm³/mol. The molecule has 2 fully saturated rings. The average Bonchev–Trinajstić information content (AvgIpc) is 0.762. The molecule has 0 aliphatic heterocycles. The number of benzene rings is 2. The maximum absolute atomic E-state index is 11.7. The lowest BCUT2D eigenvalue weighted by molar-refractivity contribution is -0.138. The van der Waals surface area contributed by atoms with Crippen molar-refractivity contribution in [3.8, 4) is 0 Å². The minimum atomic E-state index is -1.27. The van der Waals surface area contributed by atoms with Crippen LogP contribution in [0.2, 0.25) is 5.02 Å². The van der Waals surface area contributed by atoms with Crippen molar-refractivity contribution in [3.05, 3.63) is 345 Å². The fourth-order valence-electron chi connectivity index (χ4n) is 17.6. The van der Waals surface area contributed by atoms with E-state index in [1.807, 2.05) is 287 Å². The maximum Gasteiger partial charge on any atom is 0.153 e. The summed E-state index contributed by atoms with van der Waals surface area (Å²) in [6.45, 7) is 57.0. The molecule has 7 N–H and O–H groups in total. The van der Waals surface area contributed by atoms with Gasteiger partial charge in [-0.25, -0.2) is 4.98 Å². The highest BCUT2D eigenvalue weighted by atomic mass is 35.5. The predicted octanol–water partition coefficient (Wildman–Crippen LogP) is 25.4. The van der Waals surface area contributed by atoms with E-state index in [0.717, 1.165) is 81.7 Å². The number of aryl methyl sites for hydroxylation is 5. The molecule has 6 atom stereocenters. The SMILES string of the molecule is CC(C)(C)C(O)(c1ccccn1)C1CCC1.CC(C)(C)CC(O)(c1ccccn1)C(C)(C)C.CC(C)C(O)(c1ccccn1)C1CCCCC1.Cc1ccc(C(O)(c2ccc(Cl)cn2)C(C)(C)C)nc1.Cc1ccc(C(O)(c2ccccn2)C(C)(C)C)nc1.Cc1ccc2ccc(C(O)(c3ccccc3)C(C)(C)C)nc2c1.Cc1cccc(C(O)(c2cccc(C)n2)C(C)(C)C)n1. The molecule has 0 bridgehead atoms. The monoisotopic (exact) mass is 1810 g/mol. The Labute approximate surface area is 794 Å². The fourth-order valence-corrected chi connectivity index (χ4v) is 17.8. The van der Waals surface area contributed by atoms with E-state index in [1.165, 1.54) is 31.2 Å². The van der Waals surface area contributed by atoms with Gasteiger partial charge in [-0.15, -0.1) is 0 Å². The van der Waals surface area contributed by atoms with Crippen molar-refractivity contribution in [2.45, 2.75) is 291 Å². The largest absolute Gasteiger partial charge is 0.383 e. The topological polar surface area (TPSA) is 271 Å². The molecule has 0 spiro atoms. The minimum absolute atomic E-state index is 0.0551. The van der Waals surface area contributed by atoms with Gasteiger partial charge in [0, 0.05) is 81.8 Å². The smallest absolute Gasteiger partial charge is 0.153 e. The molecule has 0 amide bonds. The van der Waals surface area contributed by atoms with Crippen molar-refractivity contribution in [1.82, 2.24) is 49.8 Å². The van der Waals surface area contributed by atoms with Gasteiger partial charge in [0.15, 0.2) is 16.8 Å². The summed E-state index contributed by atoms with van der Waals surface area (Å²) < 4.78 is 0. The summed E-state index contributed by atoms with van der Waals surface area (Å²) in [5.74, 6) is 0.939. The van der Waals surface area contributed by atoms with E-state index >= 15 is 0 Å². The fraction of sp³-hybridized carbons (Fsp3) is 0.474. The van der Waals surface area contributed by atoms with Gasteiger partial charge in [-0.2, -0.15) is 0 Å². The first kappa shape index (κ1) is 108. The number of hydrogen-bond donors (Lipinski definition) is 7. The zero-order valence-electron chi connectivity index (χ0n) is 84.2. The lowest BCUT2D eigenvalue weighted by Gasteiger charge is -2.49. The van der Waals surface area contributed by atoms with Crippen LogP contribution >= 0.6 is 11.6 Å². The van der Waals surface area contributed by atoms with Gasteiger partial charge in [0.25, 0.3) is 0 Å². The highest BCUT2D eigenvalue weighted by Crippen LogP contribution is 2.53. The molecule has 2 saturated carbocycles. The van der Waals surface area contributed by atoms with E-state index in [4.69, 9.17) is 16.6 Å². The summed E-state index contributed by atoms with van der Waals surface area (Å²) in [7, 11) is 0. The molecule has 10 aromatic heterocycles. The Balaban J connectivity index is 0.000000190. The molecule has 132 heavy (non-hydrogen) atoms. The Kier molecular flexibility index (Phi) is 35.6. The third kappa shape index (κ3) is 25.2. The molecule has 2 aromatic carbocycles. The van der Waals surface area contributed by atoms with Gasteiger partial charge >= 0.3 is 0 Å². The Morgan fingerprint density at radius 3 is 1.04 bits per heavy atom. The highest BCUT2D eigenvalue weighted by molar-refractivity contribution is 6.30. The zero-order chi connectivity index (χ0) is 98.1. The van der Waals surface area contributed by atoms with Crippen molar-refractivity contribution in [2.75, 3.05) is 0 Å². The summed E-state index contributed by atoms with van der Waals surface area (Å²) in [6.07, 6.45) is 22.3. The van der Waals surface area contributed by atoms with Gasteiger partial charge in [0.05, 0.1) is 67.5 Å². The van der Waals surface area contributed by atoms with Crippen LogP contribution in [-0.2, 0) is 39.2 Å². The van der Waals surface area contributed by atoms with Crippen LogP contribution in [0.3, 0.4) is 0 Å². The first-order valence-electron chi connectivity index (χ1n) is 46.9. The Hall–Kier alpha value is -9.79. The van der Waals surface area contributed by atoms with E-state index in [9.17, 15) is 35.7 Å². The van der Waals surface area contributed by atoms with Gasteiger partial charge in [-0.3, -0.25) is 44.9 Å². The number of nitrogens with zero attached hydrogens (tertiary/aromatic N) is 10. The number of rotatable bonds is 15. The van der Waals surface area contributed by atoms with Gasteiger partial charge in [-0.1, -0.05) is 294 Å². The van der Waals surface area contributed by atoms with Crippen molar-refractivity contribution in [3.63, 3.8) is 0 Å². The molecule has 17 nitrogen and oxygen atoms in total. The lowest BCUT2D eigenvalue weighted by atomic mass is 9.60. The van der Waals surface area contributed by atoms with Crippen molar-refractivity contribution < 1.29 is 35.7 Å². The molecule has 708 valence electrons. The second-order valence-electron chi connectivity index (χ2n) is 43.9. The minimum Gasteiger partial charge on any atom is -0.383 e. The summed E-state index contributed by atoms with van der Waals surface area (Å²) in [4.78, 5) is 44.4. The second kappa shape index (κ2) is 43.7. The van der Waals surface area contributed by atoms with Crippen LogP contribution in [0.1, 0.15) is 308 Å². The van der Waals surface area contributed by atoms with Crippen molar-refractivity contribution in [2.24, 2.45) is 55.7 Å².